The van der Waals surface area contributed by atoms with Gasteiger partial charge in [0.25, 0.3) is 0 Å². The zero-order valence-corrected chi connectivity index (χ0v) is 17.2. The number of nitrogens with zero attached hydrogens (tertiary/aromatic N) is 3. The fourth-order valence-corrected chi connectivity index (χ4v) is 4.05. The van der Waals surface area contributed by atoms with E-state index >= 15 is 0 Å². The van der Waals surface area contributed by atoms with Crippen LogP contribution in [-0.4, -0.2) is 29.3 Å². The topological polar surface area (TPSA) is 64.3 Å². The van der Waals surface area contributed by atoms with Crippen molar-refractivity contribution in [2.75, 3.05) is 6.26 Å². The van der Waals surface area contributed by atoms with Crippen LogP contribution in [0.2, 0.25) is 0 Å². The van der Waals surface area contributed by atoms with Crippen molar-refractivity contribution in [3.05, 3.63) is 71.8 Å². The molecule has 4 aromatic rings. The van der Waals surface area contributed by atoms with E-state index < -0.39 is 9.84 Å². The summed E-state index contributed by atoms with van der Waals surface area (Å²) in [6.07, 6.45) is 3.85. The average Bonchev–Trinajstić information content (AvgIpc) is 3.09. The molecule has 0 saturated carbocycles. The maximum Gasteiger partial charge on any atom is 0.175 e. The summed E-state index contributed by atoms with van der Waals surface area (Å²) in [7, 11) is -3.29. The Morgan fingerprint density at radius 2 is 1.62 bits per heavy atom. The minimum absolute atomic E-state index is 0.246. The van der Waals surface area contributed by atoms with Gasteiger partial charge in [0, 0.05) is 23.7 Å². The van der Waals surface area contributed by atoms with Gasteiger partial charge in [-0.1, -0.05) is 31.2 Å². The second-order valence-corrected chi connectivity index (χ2v) is 9.00. The SMILES string of the molecule is CCc1cnc2c(-c3ccc(F)cc3)c(-c3ccc(S(C)(=O)=O)cc3)nn2c1C. The molecule has 0 aliphatic carbocycles. The molecule has 0 amide bonds. The van der Waals surface area contributed by atoms with E-state index in [0.717, 1.165) is 34.4 Å². The summed E-state index contributed by atoms with van der Waals surface area (Å²) in [5, 5.41) is 4.79. The van der Waals surface area contributed by atoms with E-state index in [1.165, 1.54) is 18.4 Å². The van der Waals surface area contributed by atoms with Crippen molar-refractivity contribution in [2.24, 2.45) is 0 Å². The van der Waals surface area contributed by atoms with Crippen molar-refractivity contribution in [3.63, 3.8) is 0 Å². The van der Waals surface area contributed by atoms with Gasteiger partial charge in [-0.25, -0.2) is 22.3 Å². The van der Waals surface area contributed by atoms with Gasteiger partial charge in [0.05, 0.1) is 10.5 Å². The van der Waals surface area contributed by atoms with Gasteiger partial charge in [-0.15, -0.1) is 0 Å². The second-order valence-electron chi connectivity index (χ2n) is 6.98. The van der Waals surface area contributed by atoms with E-state index in [-0.39, 0.29) is 10.7 Å². The standard InChI is InChI=1S/C22H20FN3O2S/c1-4-15-13-24-22-20(16-5-9-18(23)10-6-16)21(25-26(22)14(15)2)17-7-11-19(12-8-17)29(3,27)28/h5-13H,4H2,1-3H3. The van der Waals surface area contributed by atoms with E-state index in [4.69, 9.17) is 5.10 Å². The van der Waals surface area contributed by atoms with Crippen molar-refractivity contribution in [1.82, 2.24) is 14.6 Å². The number of sulfone groups is 1. The van der Waals surface area contributed by atoms with Crippen LogP contribution in [0.3, 0.4) is 0 Å². The smallest absolute Gasteiger partial charge is 0.175 e. The molecular weight excluding hydrogens is 389 g/mol. The first-order valence-corrected chi connectivity index (χ1v) is 11.1. The Morgan fingerprint density at radius 1 is 1.00 bits per heavy atom. The van der Waals surface area contributed by atoms with E-state index in [9.17, 15) is 12.8 Å². The van der Waals surface area contributed by atoms with Crippen LogP contribution in [0.15, 0.2) is 59.6 Å². The number of halogens is 1. The first-order valence-electron chi connectivity index (χ1n) is 9.23. The van der Waals surface area contributed by atoms with Gasteiger partial charge >= 0.3 is 0 Å². The Hall–Kier alpha value is -3.06. The predicted octanol–water partition coefficient (Wildman–Crippen LogP) is 4.48. The van der Waals surface area contributed by atoms with E-state index in [2.05, 4.69) is 11.9 Å². The van der Waals surface area contributed by atoms with Crippen LogP contribution in [-0.2, 0) is 16.3 Å². The normalized spacial score (nSPS) is 11.9. The lowest BCUT2D eigenvalue weighted by atomic mass is 10.0. The van der Waals surface area contributed by atoms with Crippen molar-refractivity contribution >= 4 is 15.5 Å². The molecule has 148 valence electrons. The lowest BCUT2D eigenvalue weighted by Crippen LogP contribution is -2.00. The third kappa shape index (κ3) is 3.42. The largest absolute Gasteiger partial charge is 0.236 e. The lowest BCUT2D eigenvalue weighted by molar-refractivity contribution is 0.602. The maximum atomic E-state index is 13.5. The van der Waals surface area contributed by atoms with Crippen LogP contribution in [0.4, 0.5) is 4.39 Å². The van der Waals surface area contributed by atoms with Crippen LogP contribution < -0.4 is 0 Å². The third-order valence-electron chi connectivity index (χ3n) is 5.06. The van der Waals surface area contributed by atoms with Gasteiger partial charge in [0.15, 0.2) is 15.5 Å². The number of aryl methyl sites for hydroxylation is 2. The fourth-order valence-electron chi connectivity index (χ4n) is 3.42. The molecule has 2 aromatic heterocycles. The van der Waals surface area contributed by atoms with Crippen molar-refractivity contribution in [1.29, 1.82) is 0 Å². The summed E-state index contributed by atoms with van der Waals surface area (Å²) in [4.78, 5) is 4.87. The predicted molar refractivity (Wildman–Crippen MR) is 111 cm³/mol. The van der Waals surface area contributed by atoms with Crippen LogP contribution in [0.25, 0.3) is 28.0 Å². The molecule has 2 aromatic carbocycles. The lowest BCUT2D eigenvalue weighted by Gasteiger charge is -2.06. The number of hydrogen-bond acceptors (Lipinski definition) is 4. The molecule has 7 heteroatoms. The number of rotatable bonds is 4. The summed E-state index contributed by atoms with van der Waals surface area (Å²) < 4.78 is 38.9. The van der Waals surface area contributed by atoms with Gasteiger partial charge < -0.3 is 0 Å². The van der Waals surface area contributed by atoms with E-state index in [0.29, 0.717) is 11.3 Å². The second kappa shape index (κ2) is 7.08. The molecule has 0 N–H and O–H groups in total. The van der Waals surface area contributed by atoms with Crippen LogP contribution in [0.1, 0.15) is 18.2 Å². The Bertz CT molecular complexity index is 1310. The van der Waals surface area contributed by atoms with E-state index in [1.54, 1.807) is 40.9 Å². The highest BCUT2D eigenvalue weighted by molar-refractivity contribution is 7.90. The van der Waals surface area contributed by atoms with E-state index in [1.807, 2.05) is 13.1 Å². The molecule has 0 aliphatic rings. The first kappa shape index (κ1) is 19.3. The summed E-state index contributed by atoms with van der Waals surface area (Å²) in [5.74, 6) is -0.318. The highest BCUT2D eigenvalue weighted by Crippen LogP contribution is 2.35. The van der Waals surface area contributed by atoms with Crippen LogP contribution in [0, 0.1) is 12.7 Å². The number of benzene rings is 2. The summed E-state index contributed by atoms with van der Waals surface area (Å²) in [6.45, 7) is 4.05. The number of fused-ring (bicyclic) bond motifs is 1. The van der Waals surface area contributed by atoms with Gasteiger partial charge in [-0.05, 0) is 48.7 Å². The van der Waals surface area contributed by atoms with Crippen molar-refractivity contribution in [3.8, 4) is 22.4 Å². The molecular formula is C22H20FN3O2S. The van der Waals surface area contributed by atoms with Crippen LogP contribution >= 0.6 is 0 Å². The molecule has 0 aliphatic heterocycles. The van der Waals surface area contributed by atoms with Gasteiger partial charge in [0.2, 0.25) is 0 Å². The molecule has 0 spiro atoms. The first-order chi connectivity index (χ1) is 13.8. The number of aromatic nitrogens is 3. The van der Waals surface area contributed by atoms with Crippen molar-refractivity contribution in [2.45, 2.75) is 25.2 Å². The molecule has 2 heterocycles. The maximum absolute atomic E-state index is 13.5. The van der Waals surface area contributed by atoms with Crippen LogP contribution in [0.5, 0.6) is 0 Å². The quantitative estimate of drug-likeness (QED) is 0.499. The third-order valence-corrected chi connectivity index (χ3v) is 6.18. The minimum atomic E-state index is -3.29. The van der Waals surface area contributed by atoms with Crippen molar-refractivity contribution < 1.29 is 12.8 Å². The molecule has 0 atom stereocenters. The monoisotopic (exact) mass is 409 g/mol. The molecule has 0 fully saturated rings. The Kier molecular flexibility index (Phi) is 4.70. The fraction of sp³-hybridized carbons (Fsp3) is 0.182. The summed E-state index contributed by atoms with van der Waals surface area (Å²) >= 11 is 0. The average molecular weight is 409 g/mol. The Balaban J connectivity index is 2.00. The van der Waals surface area contributed by atoms with Gasteiger partial charge in [0.1, 0.15) is 11.5 Å². The highest BCUT2D eigenvalue weighted by atomic mass is 32.2. The minimum Gasteiger partial charge on any atom is -0.236 e. The summed E-state index contributed by atoms with van der Waals surface area (Å²) in [5.41, 5.74) is 5.75. The zero-order valence-electron chi connectivity index (χ0n) is 16.3. The highest BCUT2D eigenvalue weighted by Gasteiger charge is 2.20. The molecule has 0 saturated heterocycles. The molecule has 0 radical (unpaired) electrons. The Labute approximate surface area is 168 Å². The molecule has 4 rings (SSSR count). The molecule has 29 heavy (non-hydrogen) atoms. The molecule has 0 unspecified atom stereocenters. The van der Waals surface area contributed by atoms with Gasteiger partial charge in [-0.2, -0.15) is 5.10 Å². The number of hydrogen-bond donors (Lipinski definition) is 0. The molecule has 5 nitrogen and oxygen atoms in total. The molecule has 0 bridgehead atoms. The zero-order chi connectivity index (χ0) is 20.8. The Morgan fingerprint density at radius 3 is 2.21 bits per heavy atom. The summed E-state index contributed by atoms with van der Waals surface area (Å²) in [6, 6.07) is 12.8. The van der Waals surface area contributed by atoms with Gasteiger partial charge in [-0.3, -0.25) is 0 Å².